The summed E-state index contributed by atoms with van der Waals surface area (Å²) in [7, 11) is 3.30. The third-order valence-corrected chi connectivity index (χ3v) is 3.03. The molecule has 0 fully saturated rings. The molecule has 3 heteroatoms. The molecule has 21 heavy (non-hydrogen) atoms. The van der Waals surface area contributed by atoms with Gasteiger partial charge in [-0.15, -0.1) is 0 Å². The largest absolute Gasteiger partial charge is 0.497 e. The smallest absolute Gasteiger partial charge is 0.129 e. The van der Waals surface area contributed by atoms with Gasteiger partial charge < -0.3 is 9.47 Å². The van der Waals surface area contributed by atoms with E-state index in [4.69, 9.17) is 9.47 Å². The summed E-state index contributed by atoms with van der Waals surface area (Å²) in [5.41, 5.74) is 3.07. The Morgan fingerprint density at radius 3 is 2.62 bits per heavy atom. The Balaban J connectivity index is 2.20. The zero-order valence-corrected chi connectivity index (χ0v) is 12.5. The van der Waals surface area contributed by atoms with Crippen LogP contribution in [0.4, 0.5) is 0 Å². The van der Waals surface area contributed by atoms with E-state index in [0.717, 1.165) is 28.3 Å². The van der Waals surface area contributed by atoms with Gasteiger partial charge in [-0.2, -0.15) is 0 Å². The molecule has 0 aliphatic heterocycles. The lowest BCUT2D eigenvalue weighted by Gasteiger charge is -2.07. The predicted molar refractivity (Wildman–Crippen MR) is 86.5 cm³/mol. The Bertz CT molecular complexity index is 646. The molecule has 3 nitrogen and oxygen atoms in total. The van der Waals surface area contributed by atoms with Gasteiger partial charge >= 0.3 is 0 Å². The van der Waals surface area contributed by atoms with Gasteiger partial charge in [0.05, 0.1) is 19.9 Å². The molecule has 1 aromatic carbocycles. The van der Waals surface area contributed by atoms with Crippen LogP contribution in [0.5, 0.6) is 11.5 Å². The van der Waals surface area contributed by atoms with Crippen LogP contribution in [-0.2, 0) is 0 Å². The zero-order valence-electron chi connectivity index (χ0n) is 12.5. The summed E-state index contributed by atoms with van der Waals surface area (Å²) >= 11 is 0. The maximum atomic E-state index is 5.39. The Morgan fingerprint density at radius 1 is 1.10 bits per heavy atom. The molecule has 108 valence electrons. The molecule has 1 aromatic heterocycles. The van der Waals surface area contributed by atoms with Gasteiger partial charge in [-0.1, -0.05) is 17.7 Å². The number of nitrogens with zero attached hydrogens (tertiary/aromatic N) is 1. The third kappa shape index (κ3) is 4.21. The van der Waals surface area contributed by atoms with Crippen molar-refractivity contribution in [3.63, 3.8) is 0 Å². The van der Waals surface area contributed by atoms with Gasteiger partial charge in [0, 0.05) is 17.8 Å². The van der Waals surface area contributed by atoms with Crippen LogP contribution in [0.15, 0.2) is 54.2 Å². The quantitative estimate of drug-likeness (QED) is 0.769. The molecule has 0 saturated carbocycles. The molecule has 0 unspecified atom stereocenters. The summed E-state index contributed by atoms with van der Waals surface area (Å²) in [5, 5.41) is 0. The summed E-state index contributed by atoms with van der Waals surface area (Å²) in [4.78, 5) is 4.26. The van der Waals surface area contributed by atoms with Crippen molar-refractivity contribution in [3.8, 4) is 11.5 Å². The molecular weight excluding hydrogens is 262 g/mol. The molecule has 0 radical (unpaired) electrons. The number of allylic oxidation sites excluding steroid dienone is 2. The van der Waals surface area contributed by atoms with E-state index in [0.29, 0.717) is 0 Å². The van der Waals surface area contributed by atoms with Crippen molar-refractivity contribution in [1.29, 1.82) is 0 Å². The van der Waals surface area contributed by atoms with Crippen molar-refractivity contribution < 1.29 is 9.47 Å². The van der Waals surface area contributed by atoms with E-state index >= 15 is 0 Å². The first kappa shape index (κ1) is 14.9. The SMILES string of the molecule is COc1ccc(/C=C(C)/C=C/c2ccccn2)c(OC)c1. The second kappa shape index (κ2) is 7.29. The number of methoxy groups -OCH3 is 2. The predicted octanol–water partition coefficient (Wildman–Crippen LogP) is 4.22. The molecule has 0 saturated heterocycles. The van der Waals surface area contributed by atoms with Gasteiger partial charge in [-0.05, 0) is 43.3 Å². The standard InChI is InChI=1S/C18H19NO2/c1-14(7-9-16-6-4-5-11-19-16)12-15-8-10-17(20-2)13-18(15)21-3/h4-13H,1-3H3/b9-7+,14-12+. The molecule has 0 aliphatic carbocycles. The van der Waals surface area contributed by atoms with Gasteiger partial charge in [-0.25, -0.2) is 0 Å². The maximum Gasteiger partial charge on any atom is 0.129 e. The zero-order chi connectivity index (χ0) is 15.1. The minimum atomic E-state index is 0.783. The summed E-state index contributed by atoms with van der Waals surface area (Å²) in [6.07, 6.45) is 7.87. The van der Waals surface area contributed by atoms with Crippen LogP contribution < -0.4 is 9.47 Å². The molecule has 0 atom stereocenters. The highest BCUT2D eigenvalue weighted by Crippen LogP contribution is 2.26. The van der Waals surface area contributed by atoms with Gasteiger partial charge in [0.2, 0.25) is 0 Å². The Hall–Kier alpha value is -2.55. The highest BCUT2D eigenvalue weighted by Gasteiger charge is 2.02. The van der Waals surface area contributed by atoms with Gasteiger partial charge in [-0.3, -0.25) is 4.98 Å². The van der Waals surface area contributed by atoms with Gasteiger partial charge in [0.25, 0.3) is 0 Å². The van der Waals surface area contributed by atoms with Crippen molar-refractivity contribution in [1.82, 2.24) is 4.98 Å². The number of pyridine rings is 1. The number of rotatable bonds is 5. The van der Waals surface area contributed by atoms with Crippen molar-refractivity contribution in [3.05, 3.63) is 65.5 Å². The van der Waals surface area contributed by atoms with Crippen molar-refractivity contribution in [2.45, 2.75) is 6.92 Å². The number of ether oxygens (including phenoxy) is 2. The average molecular weight is 281 g/mol. The minimum Gasteiger partial charge on any atom is -0.497 e. The number of hydrogen-bond acceptors (Lipinski definition) is 3. The molecule has 0 aliphatic rings. The third-order valence-electron chi connectivity index (χ3n) is 3.03. The van der Waals surface area contributed by atoms with E-state index in [9.17, 15) is 0 Å². The molecular formula is C18H19NO2. The summed E-state index contributed by atoms with van der Waals surface area (Å²) in [6, 6.07) is 11.6. The van der Waals surface area contributed by atoms with Crippen LogP contribution in [0.3, 0.4) is 0 Å². The summed E-state index contributed by atoms with van der Waals surface area (Å²) in [6.45, 7) is 2.04. The van der Waals surface area contributed by atoms with Crippen LogP contribution in [0.2, 0.25) is 0 Å². The normalized spacial score (nSPS) is 11.7. The molecule has 0 spiro atoms. The Morgan fingerprint density at radius 2 is 1.95 bits per heavy atom. The average Bonchev–Trinajstić information content (AvgIpc) is 2.54. The lowest BCUT2D eigenvalue weighted by molar-refractivity contribution is 0.393. The van der Waals surface area contributed by atoms with Crippen molar-refractivity contribution in [2.75, 3.05) is 14.2 Å². The first-order valence-corrected chi connectivity index (χ1v) is 6.72. The number of hydrogen-bond donors (Lipinski definition) is 0. The fraction of sp³-hybridized carbons (Fsp3) is 0.167. The van der Waals surface area contributed by atoms with Crippen LogP contribution >= 0.6 is 0 Å². The van der Waals surface area contributed by atoms with E-state index in [2.05, 4.69) is 11.1 Å². The first-order valence-electron chi connectivity index (χ1n) is 6.72. The minimum absolute atomic E-state index is 0.783. The topological polar surface area (TPSA) is 31.4 Å². The lowest BCUT2D eigenvalue weighted by Crippen LogP contribution is -1.90. The van der Waals surface area contributed by atoms with E-state index in [1.54, 1.807) is 20.4 Å². The second-order valence-corrected chi connectivity index (χ2v) is 4.58. The van der Waals surface area contributed by atoms with E-state index < -0.39 is 0 Å². The van der Waals surface area contributed by atoms with Gasteiger partial charge in [0.1, 0.15) is 11.5 Å². The van der Waals surface area contributed by atoms with E-state index in [1.165, 1.54) is 0 Å². The fourth-order valence-electron chi connectivity index (χ4n) is 1.92. The lowest BCUT2D eigenvalue weighted by atomic mass is 10.1. The fourth-order valence-corrected chi connectivity index (χ4v) is 1.92. The monoisotopic (exact) mass is 281 g/mol. The second-order valence-electron chi connectivity index (χ2n) is 4.58. The molecule has 2 rings (SSSR count). The summed E-state index contributed by atoms with van der Waals surface area (Å²) in [5.74, 6) is 1.57. The summed E-state index contributed by atoms with van der Waals surface area (Å²) < 4.78 is 10.6. The van der Waals surface area contributed by atoms with Crippen molar-refractivity contribution in [2.24, 2.45) is 0 Å². The Labute approximate surface area is 125 Å². The molecule has 2 aromatic rings. The van der Waals surface area contributed by atoms with Crippen LogP contribution in [0, 0.1) is 0 Å². The molecule has 1 heterocycles. The van der Waals surface area contributed by atoms with Crippen LogP contribution in [0.1, 0.15) is 18.2 Å². The van der Waals surface area contributed by atoms with Gasteiger partial charge in [0.15, 0.2) is 0 Å². The highest BCUT2D eigenvalue weighted by molar-refractivity contribution is 5.65. The highest BCUT2D eigenvalue weighted by atomic mass is 16.5. The first-order chi connectivity index (χ1) is 10.2. The molecule has 0 amide bonds. The van der Waals surface area contributed by atoms with E-state index in [-0.39, 0.29) is 0 Å². The van der Waals surface area contributed by atoms with Crippen LogP contribution in [-0.4, -0.2) is 19.2 Å². The number of benzene rings is 1. The molecule has 0 N–H and O–H groups in total. The number of aromatic nitrogens is 1. The van der Waals surface area contributed by atoms with Crippen molar-refractivity contribution >= 4 is 12.2 Å². The van der Waals surface area contributed by atoms with E-state index in [1.807, 2.05) is 55.5 Å². The Kier molecular flexibility index (Phi) is 5.16. The molecule has 0 bridgehead atoms. The maximum absolute atomic E-state index is 5.39. The van der Waals surface area contributed by atoms with Crippen LogP contribution in [0.25, 0.3) is 12.2 Å².